The molecule has 7 nitrogen and oxygen atoms in total. The number of nitrogens with one attached hydrogen (secondary N) is 2. The molecule has 0 saturated heterocycles. The number of aliphatic hydroxyl groups excluding tert-OH is 2. The molecule has 0 fully saturated rings. The van der Waals surface area contributed by atoms with Crippen molar-refractivity contribution in [2.45, 2.75) is 43.4 Å². The van der Waals surface area contributed by atoms with Crippen LogP contribution in [0.3, 0.4) is 0 Å². The van der Waals surface area contributed by atoms with Gasteiger partial charge in [0.05, 0.1) is 29.4 Å². The Hall–Kier alpha value is -3.18. The van der Waals surface area contributed by atoms with Gasteiger partial charge in [0, 0.05) is 24.7 Å². The van der Waals surface area contributed by atoms with Crippen LogP contribution in [0.4, 0.5) is 8.78 Å². The summed E-state index contributed by atoms with van der Waals surface area (Å²) in [7, 11) is -3.68. The largest absolute Gasteiger partial charge is 0.395 e. The molecular weight excluding hydrogens is 514 g/mol. The van der Waals surface area contributed by atoms with Gasteiger partial charge in [0.25, 0.3) is 5.91 Å². The normalized spacial score (nSPS) is 13.2. The number of benzene rings is 3. The van der Waals surface area contributed by atoms with E-state index in [1.165, 1.54) is 29.8 Å². The first-order chi connectivity index (χ1) is 18.1. The lowest BCUT2D eigenvalue weighted by Crippen LogP contribution is -2.48. The Kier molecular flexibility index (Phi) is 10.5. The maximum absolute atomic E-state index is 13.8. The Morgan fingerprint density at radius 3 is 2.24 bits per heavy atom. The molecule has 38 heavy (non-hydrogen) atoms. The molecule has 10 heteroatoms. The molecule has 2 unspecified atom stereocenters. The highest BCUT2D eigenvalue weighted by atomic mass is 32.2. The van der Waals surface area contributed by atoms with Crippen LogP contribution in [0.1, 0.15) is 34.0 Å². The predicted octanol–water partition coefficient (Wildman–Crippen LogP) is 2.79. The number of halogens is 2. The molecule has 0 aromatic heterocycles. The van der Waals surface area contributed by atoms with E-state index in [-0.39, 0.29) is 29.0 Å². The maximum atomic E-state index is 13.8. The van der Waals surface area contributed by atoms with Crippen LogP contribution in [-0.4, -0.2) is 55.6 Å². The third-order valence-electron chi connectivity index (χ3n) is 6.08. The van der Waals surface area contributed by atoms with Crippen LogP contribution < -0.4 is 10.6 Å². The average Bonchev–Trinajstić information content (AvgIpc) is 2.88. The number of rotatable bonds is 13. The van der Waals surface area contributed by atoms with Crippen LogP contribution in [0.25, 0.3) is 0 Å². The monoisotopic (exact) mass is 546 g/mol. The van der Waals surface area contributed by atoms with Crippen LogP contribution in [-0.2, 0) is 29.2 Å². The Morgan fingerprint density at radius 1 is 0.947 bits per heavy atom. The van der Waals surface area contributed by atoms with E-state index in [4.69, 9.17) is 5.11 Å². The van der Waals surface area contributed by atoms with Crippen molar-refractivity contribution in [1.82, 2.24) is 10.6 Å². The number of aryl methyl sites for hydroxylation is 1. The Balaban J connectivity index is 1.73. The number of carbonyl (C=O) groups excluding carboxylic acids is 1. The highest BCUT2D eigenvalue weighted by Gasteiger charge is 2.23. The fraction of sp³-hybridized carbons (Fsp3) is 0.321. The summed E-state index contributed by atoms with van der Waals surface area (Å²) in [4.78, 5) is 12.9. The first-order valence-corrected chi connectivity index (χ1v) is 13.9. The first kappa shape index (κ1) is 29.4. The molecule has 1 amide bonds. The second kappa shape index (κ2) is 13.6. The van der Waals surface area contributed by atoms with E-state index < -0.39 is 51.9 Å². The van der Waals surface area contributed by atoms with Gasteiger partial charge in [0.15, 0.2) is 9.84 Å². The molecular formula is C28H32F2N2O5S. The number of carbonyl (C=O) groups is 1. The third kappa shape index (κ3) is 8.42. The minimum atomic E-state index is -3.68. The average molecular weight is 547 g/mol. The molecule has 2 atom stereocenters. The third-order valence-corrected chi connectivity index (χ3v) is 7.79. The number of hydrogen-bond donors (Lipinski definition) is 4. The topological polar surface area (TPSA) is 116 Å². The highest BCUT2D eigenvalue weighted by Crippen LogP contribution is 2.15. The van der Waals surface area contributed by atoms with Gasteiger partial charge in [-0.05, 0) is 65.9 Å². The van der Waals surface area contributed by atoms with Crippen molar-refractivity contribution in [2.24, 2.45) is 0 Å². The molecule has 0 saturated carbocycles. The molecule has 0 bridgehead atoms. The van der Waals surface area contributed by atoms with Crippen LogP contribution in [0.2, 0.25) is 0 Å². The van der Waals surface area contributed by atoms with Gasteiger partial charge in [-0.15, -0.1) is 0 Å². The predicted molar refractivity (Wildman–Crippen MR) is 140 cm³/mol. The van der Waals surface area contributed by atoms with Crippen molar-refractivity contribution in [2.75, 3.05) is 18.9 Å². The lowest BCUT2D eigenvalue weighted by molar-refractivity contribution is 0.0829. The van der Waals surface area contributed by atoms with Gasteiger partial charge in [0.1, 0.15) is 11.6 Å². The zero-order chi connectivity index (χ0) is 27.7. The lowest BCUT2D eigenvalue weighted by Gasteiger charge is -2.25. The van der Waals surface area contributed by atoms with Crippen LogP contribution in [0, 0.1) is 11.6 Å². The van der Waals surface area contributed by atoms with Crippen LogP contribution in [0.5, 0.6) is 0 Å². The summed E-state index contributed by atoms with van der Waals surface area (Å²) in [6, 6.07) is 15.3. The molecule has 3 aromatic rings. The first-order valence-electron chi connectivity index (χ1n) is 12.3. The molecule has 3 rings (SSSR count). The van der Waals surface area contributed by atoms with Crippen LogP contribution in [0.15, 0.2) is 71.6 Å². The minimum absolute atomic E-state index is 0.0359. The summed E-state index contributed by atoms with van der Waals surface area (Å²) in [6.45, 7) is 2.10. The summed E-state index contributed by atoms with van der Waals surface area (Å²) in [6.07, 6.45) is -0.260. The van der Waals surface area contributed by atoms with E-state index in [0.717, 1.165) is 30.2 Å². The summed E-state index contributed by atoms with van der Waals surface area (Å²) in [5.74, 6) is -2.57. The zero-order valence-electron chi connectivity index (χ0n) is 21.0. The maximum Gasteiger partial charge on any atom is 0.251 e. The Morgan fingerprint density at radius 2 is 1.61 bits per heavy atom. The van der Waals surface area contributed by atoms with Crippen molar-refractivity contribution in [1.29, 1.82) is 0 Å². The smallest absolute Gasteiger partial charge is 0.251 e. The van der Waals surface area contributed by atoms with Crippen molar-refractivity contribution in [3.05, 3.63) is 101 Å². The molecule has 0 radical (unpaired) electrons. The molecule has 4 N–H and O–H groups in total. The van der Waals surface area contributed by atoms with Gasteiger partial charge in [-0.1, -0.05) is 31.2 Å². The van der Waals surface area contributed by atoms with Crippen LogP contribution >= 0.6 is 0 Å². The molecule has 0 spiro atoms. The highest BCUT2D eigenvalue weighted by molar-refractivity contribution is 7.91. The summed E-state index contributed by atoms with van der Waals surface area (Å²) in [5, 5.41) is 25.7. The molecule has 0 aliphatic heterocycles. The number of hydrogen-bond acceptors (Lipinski definition) is 6. The zero-order valence-corrected chi connectivity index (χ0v) is 21.8. The fourth-order valence-electron chi connectivity index (χ4n) is 4.04. The van der Waals surface area contributed by atoms with Crippen molar-refractivity contribution in [3.8, 4) is 0 Å². The number of sulfone groups is 1. The van der Waals surface area contributed by atoms with Gasteiger partial charge in [0.2, 0.25) is 0 Å². The molecule has 0 aliphatic rings. The minimum Gasteiger partial charge on any atom is -0.395 e. The summed E-state index contributed by atoms with van der Waals surface area (Å²) in [5.41, 5.74) is 2.60. The van der Waals surface area contributed by atoms with E-state index >= 15 is 0 Å². The quantitative estimate of drug-likeness (QED) is 0.262. The lowest BCUT2D eigenvalue weighted by atomic mass is 10.00. The molecule has 0 heterocycles. The summed E-state index contributed by atoms with van der Waals surface area (Å²) >= 11 is 0. The van der Waals surface area contributed by atoms with E-state index in [1.54, 1.807) is 0 Å². The number of aliphatic hydroxyl groups is 2. The Bertz CT molecular complexity index is 1310. The van der Waals surface area contributed by atoms with E-state index in [2.05, 4.69) is 23.6 Å². The second-order valence-corrected chi connectivity index (χ2v) is 11.1. The molecule has 0 aliphatic carbocycles. The van der Waals surface area contributed by atoms with E-state index in [9.17, 15) is 27.1 Å². The molecule has 3 aromatic carbocycles. The second-order valence-electron chi connectivity index (χ2n) is 9.00. The SMILES string of the molecule is CCc1cccc(CNCC(O)C(Cc2cc(F)cc(F)c2)NC(=O)c2ccc(S(=O)(=O)CCO)cc2)c1. The van der Waals surface area contributed by atoms with Crippen molar-refractivity contribution in [3.63, 3.8) is 0 Å². The van der Waals surface area contributed by atoms with Crippen molar-refractivity contribution >= 4 is 15.7 Å². The number of amides is 1. The van der Waals surface area contributed by atoms with Gasteiger partial charge in [-0.25, -0.2) is 17.2 Å². The molecule has 204 valence electrons. The van der Waals surface area contributed by atoms with Gasteiger partial charge in [-0.3, -0.25) is 4.79 Å². The van der Waals surface area contributed by atoms with E-state index in [0.29, 0.717) is 6.54 Å². The van der Waals surface area contributed by atoms with Crippen molar-refractivity contribution < 1.29 is 32.2 Å². The van der Waals surface area contributed by atoms with Gasteiger partial charge in [-0.2, -0.15) is 0 Å². The van der Waals surface area contributed by atoms with Gasteiger partial charge < -0.3 is 20.8 Å². The summed E-state index contributed by atoms with van der Waals surface area (Å²) < 4.78 is 51.8. The Labute approximate surface area is 221 Å². The fourth-order valence-corrected chi connectivity index (χ4v) is 5.06. The van der Waals surface area contributed by atoms with E-state index in [1.807, 2.05) is 18.2 Å². The van der Waals surface area contributed by atoms with Gasteiger partial charge >= 0.3 is 0 Å². The standard InChI is InChI=1S/C28H32F2N2O5S/c1-2-19-4-3-5-20(12-19)17-31-18-27(34)26(15-21-13-23(29)16-24(30)14-21)32-28(35)22-6-8-25(9-7-22)38(36,37)11-10-33/h3-9,12-14,16,26-27,31,33-34H,2,10-11,15,17-18H2,1H3,(H,32,35).